The van der Waals surface area contributed by atoms with Crippen LogP contribution in [0.5, 0.6) is 0 Å². The van der Waals surface area contributed by atoms with Gasteiger partial charge in [-0.15, -0.1) is 11.3 Å². The van der Waals surface area contributed by atoms with E-state index in [1.807, 2.05) is 31.9 Å². The van der Waals surface area contributed by atoms with Gasteiger partial charge in [0.15, 0.2) is 0 Å². The van der Waals surface area contributed by atoms with Crippen molar-refractivity contribution in [2.24, 2.45) is 13.0 Å². The number of nitrogens with one attached hydrogen (secondary N) is 1. The van der Waals surface area contributed by atoms with Crippen molar-refractivity contribution in [1.82, 2.24) is 25.0 Å². The van der Waals surface area contributed by atoms with Crippen LogP contribution in [0.25, 0.3) is 0 Å². The van der Waals surface area contributed by atoms with E-state index in [1.165, 1.54) is 0 Å². The van der Waals surface area contributed by atoms with Crippen molar-refractivity contribution in [2.75, 3.05) is 20.1 Å². The van der Waals surface area contributed by atoms with Crippen LogP contribution < -0.4 is 5.32 Å². The molecular formula is C14H19N5OS. The van der Waals surface area contributed by atoms with E-state index in [0.29, 0.717) is 6.54 Å². The fourth-order valence-electron chi connectivity index (χ4n) is 2.84. The molecule has 0 unspecified atom stereocenters. The van der Waals surface area contributed by atoms with E-state index in [9.17, 15) is 4.79 Å². The van der Waals surface area contributed by atoms with E-state index in [2.05, 4.69) is 15.4 Å². The molecule has 1 amide bonds. The molecule has 1 aliphatic rings. The Labute approximate surface area is 127 Å². The van der Waals surface area contributed by atoms with Gasteiger partial charge >= 0.3 is 0 Å². The molecular weight excluding hydrogens is 286 g/mol. The summed E-state index contributed by atoms with van der Waals surface area (Å²) in [5, 5.41) is 9.52. The molecule has 2 atom stereocenters. The summed E-state index contributed by atoms with van der Waals surface area (Å²) in [4.78, 5) is 18.7. The number of hydrogen-bond donors (Lipinski definition) is 1. The summed E-state index contributed by atoms with van der Waals surface area (Å²) in [7, 11) is 3.75. The Morgan fingerprint density at radius 2 is 2.43 bits per heavy atom. The summed E-state index contributed by atoms with van der Waals surface area (Å²) in [6.07, 6.45) is 3.86. The quantitative estimate of drug-likeness (QED) is 0.909. The van der Waals surface area contributed by atoms with E-state index in [1.54, 1.807) is 26.4 Å². The second-order valence-electron chi connectivity index (χ2n) is 5.49. The minimum absolute atomic E-state index is 0.0298. The van der Waals surface area contributed by atoms with Gasteiger partial charge in [0.1, 0.15) is 0 Å². The smallest absolute Gasteiger partial charge is 0.227 e. The average Bonchev–Trinajstić information content (AvgIpc) is 3.17. The van der Waals surface area contributed by atoms with Crippen molar-refractivity contribution in [3.8, 4) is 0 Å². The second-order valence-corrected chi connectivity index (χ2v) is 6.21. The number of nitrogens with zero attached hydrogens (tertiary/aromatic N) is 4. The second kappa shape index (κ2) is 5.95. The van der Waals surface area contributed by atoms with Gasteiger partial charge in [0.05, 0.1) is 29.9 Å². The zero-order valence-electron chi connectivity index (χ0n) is 12.2. The molecule has 3 heterocycles. The van der Waals surface area contributed by atoms with E-state index in [-0.39, 0.29) is 17.7 Å². The van der Waals surface area contributed by atoms with E-state index in [4.69, 9.17) is 0 Å². The van der Waals surface area contributed by atoms with E-state index >= 15 is 0 Å². The lowest BCUT2D eigenvalue weighted by Crippen LogP contribution is -2.35. The Balaban J connectivity index is 1.70. The van der Waals surface area contributed by atoms with Crippen LogP contribution in [0.15, 0.2) is 23.3 Å². The normalized spacial score (nSPS) is 21.6. The molecule has 2 aromatic rings. The number of amides is 1. The lowest BCUT2D eigenvalue weighted by molar-refractivity contribution is -0.134. The molecule has 112 valence electrons. The van der Waals surface area contributed by atoms with Crippen LogP contribution in [0.4, 0.5) is 0 Å². The number of thiazole rings is 1. The Hall–Kier alpha value is -1.73. The number of rotatable bonds is 4. The Morgan fingerprint density at radius 3 is 3.10 bits per heavy atom. The van der Waals surface area contributed by atoms with Crippen LogP contribution >= 0.6 is 11.3 Å². The average molecular weight is 305 g/mol. The van der Waals surface area contributed by atoms with Crippen molar-refractivity contribution in [3.63, 3.8) is 0 Å². The van der Waals surface area contributed by atoms with Crippen molar-refractivity contribution >= 4 is 17.2 Å². The van der Waals surface area contributed by atoms with Crippen LogP contribution in [-0.4, -0.2) is 45.7 Å². The van der Waals surface area contributed by atoms with Crippen molar-refractivity contribution in [2.45, 2.75) is 12.5 Å². The molecule has 0 saturated carbocycles. The fourth-order valence-corrected chi connectivity index (χ4v) is 3.39. The predicted octanol–water partition coefficient (Wildman–Crippen LogP) is 0.838. The number of carbonyl (C=O) groups excluding carboxylic acids is 1. The monoisotopic (exact) mass is 305 g/mol. The number of hydrogen-bond acceptors (Lipinski definition) is 5. The zero-order valence-corrected chi connectivity index (χ0v) is 13.0. The first-order valence-corrected chi connectivity index (χ1v) is 7.90. The van der Waals surface area contributed by atoms with Gasteiger partial charge in [-0.25, -0.2) is 4.98 Å². The lowest BCUT2D eigenvalue weighted by Gasteiger charge is -2.23. The number of aryl methyl sites for hydroxylation is 1. The lowest BCUT2D eigenvalue weighted by atomic mass is 9.90. The Morgan fingerprint density at radius 1 is 1.57 bits per heavy atom. The maximum Gasteiger partial charge on any atom is 0.227 e. The third-order valence-electron chi connectivity index (χ3n) is 3.94. The summed E-state index contributed by atoms with van der Waals surface area (Å²) in [5.41, 5.74) is 3.87. The first kappa shape index (κ1) is 14.2. The van der Waals surface area contributed by atoms with Crippen LogP contribution in [0, 0.1) is 5.92 Å². The number of aromatic nitrogens is 3. The molecule has 2 aromatic heterocycles. The first-order chi connectivity index (χ1) is 10.1. The van der Waals surface area contributed by atoms with Gasteiger partial charge in [-0.3, -0.25) is 9.48 Å². The molecule has 3 rings (SSSR count). The molecule has 0 radical (unpaired) electrons. The van der Waals surface area contributed by atoms with Gasteiger partial charge in [-0.05, 0) is 5.56 Å². The zero-order chi connectivity index (χ0) is 14.8. The van der Waals surface area contributed by atoms with Crippen molar-refractivity contribution in [3.05, 3.63) is 34.5 Å². The van der Waals surface area contributed by atoms with Gasteiger partial charge < -0.3 is 10.2 Å². The van der Waals surface area contributed by atoms with Gasteiger partial charge in [-0.1, -0.05) is 0 Å². The molecule has 0 spiro atoms. The van der Waals surface area contributed by atoms with Gasteiger partial charge in [0.25, 0.3) is 0 Å². The maximum absolute atomic E-state index is 12.7. The summed E-state index contributed by atoms with van der Waals surface area (Å²) >= 11 is 1.55. The molecule has 21 heavy (non-hydrogen) atoms. The van der Waals surface area contributed by atoms with Crippen molar-refractivity contribution in [1.29, 1.82) is 0 Å². The standard InChI is InChI=1S/C14H19N5OS/c1-18(7-11-8-21-9-16-11)14(20)13-5-15-4-12(13)10-3-17-19(2)6-10/h3,6,8-9,12-13,15H,4-5,7H2,1-2H3/t12-,13+/m1/s1. The molecule has 1 saturated heterocycles. The minimum Gasteiger partial charge on any atom is -0.340 e. The molecule has 1 N–H and O–H groups in total. The largest absolute Gasteiger partial charge is 0.340 e. The van der Waals surface area contributed by atoms with Crippen LogP contribution in [0.2, 0.25) is 0 Å². The van der Waals surface area contributed by atoms with Crippen molar-refractivity contribution < 1.29 is 4.79 Å². The van der Waals surface area contributed by atoms with Gasteiger partial charge in [0, 0.05) is 44.7 Å². The predicted molar refractivity (Wildman–Crippen MR) is 80.9 cm³/mol. The molecule has 6 nitrogen and oxygen atoms in total. The van der Waals surface area contributed by atoms with Gasteiger partial charge in [-0.2, -0.15) is 5.10 Å². The Kier molecular flexibility index (Phi) is 4.03. The molecule has 1 aliphatic heterocycles. The third kappa shape index (κ3) is 2.98. The molecule has 0 aromatic carbocycles. The summed E-state index contributed by atoms with van der Waals surface area (Å²) in [5.74, 6) is 0.337. The van der Waals surface area contributed by atoms with Gasteiger partial charge in [0.2, 0.25) is 5.91 Å². The molecule has 0 aliphatic carbocycles. The third-order valence-corrected chi connectivity index (χ3v) is 4.58. The summed E-state index contributed by atoms with van der Waals surface area (Å²) in [6.45, 7) is 2.12. The highest BCUT2D eigenvalue weighted by Gasteiger charge is 2.36. The van der Waals surface area contributed by atoms with E-state index in [0.717, 1.165) is 24.3 Å². The summed E-state index contributed by atoms with van der Waals surface area (Å²) < 4.78 is 1.79. The maximum atomic E-state index is 12.7. The molecule has 7 heteroatoms. The highest BCUT2D eigenvalue weighted by molar-refractivity contribution is 7.07. The summed E-state index contributed by atoms with van der Waals surface area (Å²) in [6, 6.07) is 0. The SMILES string of the molecule is CN(Cc1cscn1)C(=O)[C@H]1CNC[C@@H]1c1cnn(C)c1. The topological polar surface area (TPSA) is 63.1 Å². The molecule has 1 fully saturated rings. The Bertz CT molecular complexity index is 609. The highest BCUT2D eigenvalue weighted by atomic mass is 32.1. The van der Waals surface area contributed by atoms with Crippen LogP contribution in [-0.2, 0) is 18.4 Å². The minimum atomic E-state index is -0.0298. The fraction of sp³-hybridized carbons (Fsp3) is 0.500. The van der Waals surface area contributed by atoms with Crippen LogP contribution in [0.1, 0.15) is 17.2 Å². The molecule has 0 bridgehead atoms. The highest BCUT2D eigenvalue weighted by Crippen LogP contribution is 2.29. The van der Waals surface area contributed by atoms with E-state index < -0.39 is 0 Å². The number of carbonyl (C=O) groups is 1. The van der Waals surface area contributed by atoms with Crippen LogP contribution in [0.3, 0.4) is 0 Å². The first-order valence-electron chi connectivity index (χ1n) is 6.96.